The third-order valence-corrected chi connectivity index (χ3v) is 5.41. The summed E-state index contributed by atoms with van der Waals surface area (Å²) in [7, 11) is 0. The fraction of sp³-hybridized carbons (Fsp3) is 0.278. The van der Waals surface area contributed by atoms with E-state index >= 15 is 0 Å². The van der Waals surface area contributed by atoms with E-state index in [-0.39, 0.29) is 18.0 Å². The first-order valence-corrected chi connectivity index (χ1v) is 9.14. The number of nitrogens with one attached hydrogen (secondary N) is 1. The molecule has 0 bridgehead atoms. The first-order chi connectivity index (χ1) is 11.9. The molecule has 0 saturated carbocycles. The van der Waals surface area contributed by atoms with Gasteiger partial charge in [-0.25, -0.2) is 4.98 Å². The van der Waals surface area contributed by atoms with Crippen molar-refractivity contribution in [3.63, 3.8) is 0 Å². The minimum absolute atomic E-state index is 0.0764. The van der Waals surface area contributed by atoms with Crippen LogP contribution in [0.2, 0.25) is 5.02 Å². The van der Waals surface area contributed by atoms with Crippen LogP contribution >= 0.6 is 22.9 Å². The van der Waals surface area contributed by atoms with Crippen LogP contribution in [0, 0.1) is 13.8 Å². The van der Waals surface area contributed by atoms with Crippen LogP contribution in [0.3, 0.4) is 0 Å². The molecule has 25 heavy (non-hydrogen) atoms. The zero-order valence-corrected chi connectivity index (χ0v) is 15.8. The van der Waals surface area contributed by atoms with Gasteiger partial charge in [0.15, 0.2) is 0 Å². The zero-order chi connectivity index (χ0) is 18.1. The summed E-state index contributed by atoms with van der Waals surface area (Å²) >= 11 is 7.45. The van der Waals surface area contributed by atoms with E-state index in [1.165, 1.54) is 15.9 Å². The van der Waals surface area contributed by atoms with Gasteiger partial charge in [0.2, 0.25) is 5.91 Å². The molecule has 130 valence electrons. The lowest BCUT2D eigenvalue weighted by Gasteiger charge is -2.11. The highest BCUT2D eigenvalue weighted by molar-refractivity contribution is 7.18. The number of carbonyl (C=O) groups excluding carboxylic acids is 1. The normalized spacial score (nSPS) is 11.0. The van der Waals surface area contributed by atoms with Gasteiger partial charge in [0.1, 0.15) is 17.2 Å². The Morgan fingerprint density at radius 2 is 2.08 bits per heavy atom. The second-order valence-electron chi connectivity index (χ2n) is 5.84. The number of fused-ring (bicyclic) bond motifs is 1. The van der Waals surface area contributed by atoms with Gasteiger partial charge in [0.05, 0.1) is 5.39 Å². The number of rotatable bonds is 4. The lowest BCUT2D eigenvalue weighted by atomic mass is 10.2. The van der Waals surface area contributed by atoms with Crippen LogP contribution in [0.5, 0.6) is 0 Å². The lowest BCUT2D eigenvalue weighted by molar-refractivity contribution is -0.116. The number of aryl methyl sites for hydroxylation is 3. The number of thiophene rings is 1. The van der Waals surface area contributed by atoms with Crippen molar-refractivity contribution in [2.75, 3.05) is 5.32 Å². The highest BCUT2D eigenvalue weighted by atomic mass is 35.5. The third kappa shape index (κ3) is 3.60. The summed E-state index contributed by atoms with van der Waals surface area (Å²) in [5, 5.41) is 4.01. The Hall–Kier alpha value is -2.18. The van der Waals surface area contributed by atoms with Gasteiger partial charge in [-0.05, 0) is 50.1 Å². The maximum atomic E-state index is 12.7. The Morgan fingerprint density at radius 1 is 1.32 bits per heavy atom. The quantitative estimate of drug-likeness (QED) is 0.751. The van der Waals surface area contributed by atoms with Crippen LogP contribution in [-0.4, -0.2) is 15.5 Å². The Balaban J connectivity index is 1.89. The summed E-state index contributed by atoms with van der Waals surface area (Å²) in [6, 6.07) is 7.11. The van der Waals surface area contributed by atoms with Crippen molar-refractivity contribution < 1.29 is 4.79 Å². The molecule has 0 aliphatic heterocycles. The van der Waals surface area contributed by atoms with Crippen LogP contribution in [0.15, 0.2) is 29.1 Å². The molecule has 3 rings (SSSR count). The molecule has 3 aromatic rings. The van der Waals surface area contributed by atoms with Gasteiger partial charge < -0.3 is 5.32 Å². The molecule has 5 nitrogen and oxygen atoms in total. The maximum absolute atomic E-state index is 12.7. The Kier molecular flexibility index (Phi) is 4.92. The predicted molar refractivity (Wildman–Crippen MR) is 103 cm³/mol. The number of benzene rings is 1. The minimum atomic E-state index is -0.275. The molecule has 0 unspecified atom stereocenters. The third-order valence-electron chi connectivity index (χ3n) is 4.01. The number of halogens is 1. The minimum Gasteiger partial charge on any atom is -0.324 e. The monoisotopic (exact) mass is 375 g/mol. The highest BCUT2D eigenvalue weighted by Gasteiger charge is 2.14. The summed E-state index contributed by atoms with van der Waals surface area (Å²) in [4.78, 5) is 31.4. The predicted octanol–water partition coefficient (Wildman–Crippen LogP) is 3.93. The molecule has 0 saturated heterocycles. The molecule has 2 aromatic heterocycles. The molecule has 0 radical (unpaired) electrons. The molecular weight excluding hydrogens is 358 g/mol. The number of nitrogens with zero attached hydrogens (tertiary/aromatic N) is 2. The first-order valence-electron chi connectivity index (χ1n) is 7.95. The SMILES string of the molecule is CCc1cc2c(=O)n(CC(=O)Nc3ccc(Cl)cc3C)c(C)nc2s1. The van der Waals surface area contributed by atoms with Crippen molar-refractivity contribution in [1.29, 1.82) is 0 Å². The van der Waals surface area contributed by atoms with E-state index in [2.05, 4.69) is 10.3 Å². The molecule has 0 fully saturated rings. The average molecular weight is 376 g/mol. The van der Waals surface area contributed by atoms with Crippen LogP contribution in [0.1, 0.15) is 23.2 Å². The molecule has 0 aliphatic rings. The van der Waals surface area contributed by atoms with Crippen molar-refractivity contribution in [2.24, 2.45) is 0 Å². The van der Waals surface area contributed by atoms with E-state index in [4.69, 9.17) is 11.6 Å². The molecule has 1 N–H and O–H groups in total. The molecule has 0 atom stereocenters. The van der Waals surface area contributed by atoms with Crippen LogP contribution in [-0.2, 0) is 17.8 Å². The standard InChI is InChI=1S/C18H18ClN3O2S/c1-4-13-8-14-17(25-13)20-11(3)22(18(14)24)9-16(23)21-15-6-5-12(19)7-10(15)2/h5-8H,4,9H2,1-3H3,(H,21,23). The van der Waals surface area contributed by atoms with E-state index in [0.717, 1.165) is 21.7 Å². The molecule has 0 spiro atoms. The topological polar surface area (TPSA) is 64.0 Å². The molecule has 2 heterocycles. The Labute approximate surface area is 154 Å². The molecular formula is C18H18ClN3O2S. The number of hydrogen-bond donors (Lipinski definition) is 1. The van der Waals surface area contributed by atoms with E-state index in [1.807, 2.05) is 19.9 Å². The van der Waals surface area contributed by atoms with Crippen molar-refractivity contribution in [2.45, 2.75) is 33.7 Å². The summed E-state index contributed by atoms with van der Waals surface area (Å²) in [6.07, 6.45) is 0.857. The summed E-state index contributed by atoms with van der Waals surface area (Å²) in [5.41, 5.74) is 1.36. The number of carbonyl (C=O) groups is 1. The maximum Gasteiger partial charge on any atom is 0.262 e. The fourth-order valence-electron chi connectivity index (χ4n) is 2.63. The van der Waals surface area contributed by atoms with Gasteiger partial charge in [0, 0.05) is 15.6 Å². The van der Waals surface area contributed by atoms with Crippen molar-refractivity contribution in [1.82, 2.24) is 9.55 Å². The smallest absolute Gasteiger partial charge is 0.262 e. The number of amides is 1. The lowest BCUT2D eigenvalue weighted by Crippen LogP contribution is -2.30. The second kappa shape index (κ2) is 6.98. The van der Waals surface area contributed by atoms with Gasteiger partial charge >= 0.3 is 0 Å². The first kappa shape index (κ1) is 17.6. The summed E-state index contributed by atoms with van der Waals surface area (Å²) < 4.78 is 1.41. The van der Waals surface area contributed by atoms with Gasteiger partial charge in [-0.2, -0.15) is 0 Å². The molecule has 7 heteroatoms. The number of aromatic nitrogens is 2. The van der Waals surface area contributed by atoms with Crippen molar-refractivity contribution in [3.05, 3.63) is 55.9 Å². The van der Waals surface area contributed by atoms with Gasteiger partial charge in [-0.1, -0.05) is 18.5 Å². The van der Waals surface area contributed by atoms with E-state index in [0.29, 0.717) is 21.9 Å². The van der Waals surface area contributed by atoms with Crippen molar-refractivity contribution >= 4 is 44.7 Å². The average Bonchev–Trinajstić information content (AvgIpc) is 2.97. The van der Waals surface area contributed by atoms with Gasteiger partial charge in [0.25, 0.3) is 5.56 Å². The van der Waals surface area contributed by atoms with Gasteiger partial charge in [-0.3, -0.25) is 14.2 Å². The number of anilines is 1. The molecule has 0 aliphatic carbocycles. The highest BCUT2D eigenvalue weighted by Crippen LogP contribution is 2.22. The Bertz CT molecular complexity index is 1020. The van der Waals surface area contributed by atoms with E-state index < -0.39 is 0 Å². The van der Waals surface area contributed by atoms with Crippen molar-refractivity contribution in [3.8, 4) is 0 Å². The van der Waals surface area contributed by atoms with Crippen LogP contribution in [0.25, 0.3) is 10.2 Å². The van der Waals surface area contributed by atoms with Crippen LogP contribution in [0.4, 0.5) is 5.69 Å². The molecule has 1 amide bonds. The largest absolute Gasteiger partial charge is 0.324 e. The van der Waals surface area contributed by atoms with E-state index in [1.54, 1.807) is 25.1 Å². The Morgan fingerprint density at radius 3 is 2.76 bits per heavy atom. The van der Waals surface area contributed by atoms with Crippen LogP contribution < -0.4 is 10.9 Å². The fourth-order valence-corrected chi connectivity index (χ4v) is 3.86. The van der Waals surface area contributed by atoms with Gasteiger partial charge in [-0.15, -0.1) is 11.3 Å². The second-order valence-corrected chi connectivity index (χ2v) is 7.39. The zero-order valence-electron chi connectivity index (χ0n) is 14.2. The van der Waals surface area contributed by atoms with E-state index in [9.17, 15) is 9.59 Å². The molecule has 1 aromatic carbocycles. The number of hydrogen-bond acceptors (Lipinski definition) is 4. The summed E-state index contributed by atoms with van der Waals surface area (Å²) in [5.74, 6) is 0.257. The summed E-state index contributed by atoms with van der Waals surface area (Å²) in [6.45, 7) is 5.57.